The van der Waals surface area contributed by atoms with Gasteiger partial charge < -0.3 is 9.67 Å². The van der Waals surface area contributed by atoms with Crippen LogP contribution < -0.4 is 5.32 Å². The fourth-order valence-corrected chi connectivity index (χ4v) is 1.83. The molecule has 0 aliphatic carbocycles. The SMILES string of the molecule is C[C@H](NCc1nnc2n1CCCC2)C(=O)O. The number of aliphatic carboxylic acids is 1. The van der Waals surface area contributed by atoms with Gasteiger partial charge in [-0.05, 0) is 19.8 Å². The van der Waals surface area contributed by atoms with Crippen molar-refractivity contribution in [3.63, 3.8) is 0 Å². The molecule has 1 aromatic rings. The molecule has 1 aliphatic rings. The smallest absolute Gasteiger partial charge is 0.320 e. The molecule has 0 aromatic carbocycles. The molecule has 0 fully saturated rings. The molecule has 6 nitrogen and oxygen atoms in total. The fourth-order valence-electron chi connectivity index (χ4n) is 1.83. The van der Waals surface area contributed by atoms with Crippen molar-refractivity contribution in [3.05, 3.63) is 11.6 Å². The van der Waals surface area contributed by atoms with Crippen molar-refractivity contribution >= 4 is 5.97 Å². The molecular formula is C10H16N4O2. The van der Waals surface area contributed by atoms with Gasteiger partial charge in [-0.1, -0.05) is 0 Å². The second-order valence-corrected chi connectivity index (χ2v) is 4.08. The number of nitrogens with one attached hydrogen (secondary N) is 1. The molecule has 0 bridgehead atoms. The number of carbonyl (C=O) groups is 1. The van der Waals surface area contributed by atoms with Gasteiger partial charge in [0, 0.05) is 13.0 Å². The highest BCUT2D eigenvalue weighted by Gasteiger charge is 2.17. The molecule has 2 N–H and O–H groups in total. The van der Waals surface area contributed by atoms with Crippen LogP contribution in [-0.4, -0.2) is 31.9 Å². The van der Waals surface area contributed by atoms with Gasteiger partial charge in [-0.25, -0.2) is 0 Å². The second kappa shape index (κ2) is 4.61. The molecule has 88 valence electrons. The third kappa shape index (κ3) is 2.21. The van der Waals surface area contributed by atoms with E-state index in [9.17, 15) is 4.79 Å². The number of aryl methyl sites for hydroxylation is 1. The maximum absolute atomic E-state index is 10.6. The lowest BCUT2D eigenvalue weighted by Crippen LogP contribution is -2.34. The van der Waals surface area contributed by atoms with Crippen molar-refractivity contribution < 1.29 is 9.90 Å². The van der Waals surface area contributed by atoms with Gasteiger partial charge in [-0.15, -0.1) is 10.2 Å². The number of aromatic nitrogens is 3. The van der Waals surface area contributed by atoms with Gasteiger partial charge in [-0.3, -0.25) is 10.1 Å². The largest absolute Gasteiger partial charge is 0.480 e. The molecule has 0 radical (unpaired) electrons. The van der Waals surface area contributed by atoms with Crippen molar-refractivity contribution in [2.24, 2.45) is 0 Å². The minimum absolute atomic E-state index is 0.459. The predicted molar refractivity (Wildman–Crippen MR) is 56.9 cm³/mol. The third-order valence-electron chi connectivity index (χ3n) is 2.87. The van der Waals surface area contributed by atoms with E-state index < -0.39 is 12.0 Å². The first kappa shape index (κ1) is 11.1. The summed E-state index contributed by atoms with van der Waals surface area (Å²) in [5, 5.41) is 19.8. The van der Waals surface area contributed by atoms with E-state index >= 15 is 0 Å². The molecule has 1 aromatic heterocycles. The average Bonchev–Trinajstić information content (AvgIpc) is 2.69. The van der Waals surface area contributed by atoms with Crippen molar-refractivity contribution in [1.82, 2.24) is 20.1 Å². The molecule has 2 heterocycles. The van der Waals surface area contributed by atoms with Crippen molar-refractivity contribution in [2.45, 2.75) is 45.3 Å². The van der Waals surface area contributed by atoms with Crippen LogP contribution in [0.1, 0.15) is 31.4 Å². The quantitative estimate of drug-likeness (QED) is 0.762. The standard InChI is InChI=1S/C10H16N4O2/c1-7(10(15)16)11-6-9-13-12-8-4-2-3-5-14(8)9/h7,11H,2-6H2,1H3,(H,15,16)/t7-/m0/s1. The van der Waals surface area contributed by atoms with Crippen LogP contribution in [-0.2, 0) is 24.3 Å². The summed E-state index contributed by atoms with van der Waals surface area (Å²) in [5.74, 6) is 1.01. The Morgan fingerprint density at radius 1 is 1.56 bits per heavy atom. The maximum Gasteiger partial charge on any atom is 0.320 e. The van der Waals surface area contributed by atoms with Crippen LogP contribution in [0.5, 0.6) is 0 Å². The molecule has 1 aliphatic heterocycles. The van der Waals surface area contributed by atoms with E-state index in [1.54, 1.807) is 6.92 Å². The Balaban J connectivity index is 1.99. The van der Waals surface area contributed by atoms with Crippen LogP contribution >= 0.6 is 0 Å². The normalized spacial score (nSPS) is 16.8. The van der Waals surface area contributed by atoms with Crippen LogP contribution in [0.15, 0.2) is 0 Å². The summed E-state index contributed by atoms with van der Waals surface area (Å²) in [4.78, 5) is 10.6. The summed E-state index contributed by atoms with van der Waals surface area (Å²) in [5.41, 5.74) is 0. The van der Waals surface area contributed by atoms with E-state index in [-0.39, 0.29) is 0 Å². The first-order chi connectivity index (χ1) is 7.68. The monoisotopic (exact) mass is 224 g/mol. The number of nitrogens with zero attached hydrogens (tertiary/aromatic N) is 3. The highest BCUT2D eigenvalue weighted by Crippen LogP contribution is 2.13. The molecule has 0 saturated heterocycles. The van der Waals surface area contributed by atoms with Gasteiger partial charge in [0.05, 0.1) is 6.54 Å². The number of rotatable bonds is 4. The summed E-state index contributed by atoms with van der Waals surface area (Å²) in [7, 11) is 0. The maximum atomic E-state index is 10.6. The third-order valence-corrected chi connectivity index (χ3v) is 2.87. The van der Waals surface area contributed by atoms with E-state index in [1.807, 2.05) is 0 Å². The average molecular weight is 224 g/mol. The highest BCUT2D eigenvalue weighted by molar-refractivity contribution is 5.72. The van der Waals surface area contributed by atoms with Crippen molar-refractivity contribution in [3.8, 4) is 0 Å². The Bertz CT molecular complexity index is 388. The van der Waals surface area contributed by atoms with Crippen LogP contribution in [0.25, 0.3) is 0 Å². The van der Waals surface area contributed by atoms with Crippen LogP contribution in [0.2, 0.25) is 0 Å². The zero-order valence-electron chi connectivity index (χ0n) is 9.31. The molecule has 0 spiro atoms. The first-order valence-electron chi connectivity index (χ1n) is 5.55. The summed E-state index contributed by atoms with van der Waals surface area (Å²) in [6, 6.07) is -0.559. The second-order valence-electron chi connectivity index (χ2n) is 4.08. The zero-order valence-corrected chi connectivity index (χ0v) is 9.31. The summed E-state index contributed by atoms with van der Waals surface area (Å²) < 4.78 is 2.09. The zero-order chi connectivity index (χ0) is 11.5. The van der Waals surface area contributed by atoms with Crippen molar-refractivity contribution in [1.29, 1.82) is 0 Å². The number of hydrogen-bond donors (Lipinski definition) is 2. The Labute approximate surface area is 93.7 Å². The van der Waals surface area contributed by atoms with E-state index in [0.717, 1.165) is 37.5 Å². The minimum atomic E-state index is -0.849. The number of hydrogen-bond acceptors (Lipinski definition) is 4. The molecule has 0 saturated carbocycles. The number of carboxylic acid groups (broad SMARTS) is 1. The lowest BCUT2D eigenvalue weighted by atomic mass is 10.2. The Morgan fingerprint density at radius 2 is 2.38 bits per heavy atom. The molecule has 2 rings (SSSR count). The van der Waals surface area contributed by atoms with Gasteiger partial charge in [0.15, 0.2) is 0 Å². The van der Waals surface area contributed by atoms with Gasteiger partial charge in [0.25, 0.3) is 0 Å². The van der Waals surface area contributed by atoms with Crippen LogP contribution in [0, 0.1) is 0 Å². The topological polar surface area (TPSA) is 80.0 Å². The Kier molecular flexibility index (Phi) is 3.19. The molecule has 0 unspecified atom stereocenters. The van der Waals surface area contributed by atoms with Gasteiger partial charge in [-0.2, -0.15) is 0 Å². The molecule has 1 atom stereocenters. The minimum Gasteiger partial charge on any atom is -0.480 e. The van der Waals surface area contributed by atoms with E-state index in [1.165, 1.54) is 0 Å². The van der Waals surface area contributed by atoms with E-state index in [4.69, 9.17) is 5.11 Å². The Hall–Kier alpha value is -1.43. The lowest BCUT2D eigenvalue weighted by Gasteiger charge is -2.15. The molecular weight excluding hydrogens is 208 g/mol. The summed E-state index contributed by atoms with van der Waals surface area (Å²) in [6.07, 6.45) is 3.28. The lowest BCUT2D eigenvalue weighted by molar-refractivity contribution is -0.139. The van der Waals surface area contributed by atoms with E-state index in [2.05, 4.69) is 20.1 Å². The summed E-state index contributed by atoms with van der Waals surface area (Å²) >= 11 is 0. The number of carboxylic acids is 1. The fraction of sp³-hybridized carbons (Fsp3) is 0.700. The molecule has 0 amide bonds. The molecule has 16 heavy (non-hydrogen) atoms. The van der Waals surface area contributed by atoms with Crippen LogP contribution in [0.4, 0.5) is 0 Å². The van der Waals surface area contributed by atoms with E-state index in [0.29, 0.717) is 6.54 Å². The molecule has 6 heteroatoms. The summed E-state index contributed by atoms with van der Waals surface area (Å²) in [6.45, 7) is 3.02. The Morgan fingerprint density at radius 3 is 3.12 bits per heavy atom. The van der Waals surface area contributed by atoms with Crippen LogP contribution in [0.3, 0.4) is 0 Å². The van der Waals surface area contributed by atoms with Gasteiger partial charge in [0.1, 0.15) is 17.7 Å². The van der Waals surface area contributed by atoms with Gasteiger partial charge in [0.2, 0.25) is 0 Å². The first-order valence-corrected chi connectivity index (χ1v) is 5.55. The predicted octanol–water partition coefficient (Wildman–Crippen LogP) is 0.177. The number of fused-ring (bicyclic) bond motifs is 1. The highest BCUT2D eigenvalue weighted by atomic mass is 16.4. The van der Waals surface area contributed by atoms with Crippen molar-refractivity contribution in [2.75, 3.05) is 0 Å². The van der Waals surface area contributed by atoms with Gasteiger partial charge >= 0.3 is 5.97 Å².